The first-order valence-corrected chi connectivity index (χ1v) is 7.17. The molecule has 2 heterocycles. The number of rotatable bonds is 3. The lowest BCUT2D eigenvalue weighted by atomic mass is 10.1. The normalized spacial score (nSPS) is 10.7. The number of hydrogen-bond acceptors (Lipinski definition) is 5. The second-order valence-electron chi connectivity index (χ2n) is 4.59. The maximum Gasteiger partial charge on any atom is 0.223 e. The van der Waals surface area contributed by atoms with E-state index in [0.717, 1.165) is 21.3 Å². The molecule has 0 amide bonds. The van der Waals surface area contributed by atoms with Gasteiger partial charge < -0.3 is 10.6 Å². The molecular formula is C13H15BrClN5. The quantitative estimate of drug-likeness (QED) is 0.856. The van der Waals surface area contributed by atoms with Gasteiger partial charge in [-0.25, -0.2) is 4.98 Å². The van der Waals surface area contributed by atoms with Gasteiger partial charge in [0.2, 0.25) is 5.95 Å². The number of hydrogen-bond donors (Lipinski definition) is 1. The second-order valence-corrected chi connectivity index (χ2v) is 5.77. The third-order valence-electron chi connectivity index (χ3n) is 3.00. The molecule has 0 bridgehead atoms. The van der Waals surface area contributed by atoms with Gasteiger partial charge in [0, 0.05) is 23.8 Å². The molecule has 0 spiro atoms. The van der Waals surface area contributed by atoms with Crippen molar-refractivity contribution in [3.8, 4) is 0 Å². The molecular weight excluding hydrogens is 342 g/mol. The van der Waals surface area contributed by atoms with E-state index >= 15 is 0 Å². The van der Waals surface area contributed by atoms with Crippen LogP contribution in [0.5, 0.6) is 0 Å². The van der Waals surface area contributed by atoms with E-state index in [1.165, 1.54) is 0 Å². The van der Waals surface area contributed by atoms with Gasteiger partial charge in [-0.1, -0.05) is 27.5 Å². The Morgan fingerprint density at radius 1 is 1.35 bits per heavy atom. The summed E-state index contributed by atoms with van der Waals surface area (Å²) in [4.78, 5) is 14.4. The number of aryl methyl sites for hydroxylation is 1. The summed E-state index contributed by atoms with van der Waals surface area (Å²) in [5.74, 6) is 0.828. The summed E-state index contributed by atoms with van der Waals surface area (Å²) in [5.41, 5.74) is 8.81. The molecule has 7 heteroatoms. The van der Waals surface area contributed by atoms with Gasteiger partial charge in [0.1, 0.15) is 11.0 Å². The number of nitrogens with two attached hydrogens (primary N) is 1. The van der Waals surface area contributed by atoms with E-state index in [1.807, 2.05) is 32.0 Å². The maximum atomic E-state index is 5.89. The topological polar surface area (TPSA) is 67.9 Å². The molecule has 0 saturated carbocycles. The zero-order valence-corrected chi connectivity index (χ0v) is 13.8. The molecule has 0 unspecified atom stereocenters. The van der Waals surface area contributed by atoms with Crippen LogP contribution in [0.1, 0.15) is 16.8 Å². The first-order valence-electron chi connectivity index (χ1n) is 6.00. The lowest BCUT2D eigenvalue weighted by Gasteiger charge is -2.19. The molecule has 0 radical (unpaired) electrons. The molecule has 0 atom stereocenters. The van der Waals surface area contributed by atoms with Crippen LogP contribution >= 0.6 is 27.5 Å². The average molecular weight is 357 g/mol. The second kappa shape index (κ2) is 5.93. The Balaban J connectivity index is 2.28. The lowest BCUT2D eigenvalue weighted by molar-refractivity contribution is 0.850. The number of nitrogen functional groups attached to an aromatic ring is 1. The fourth-order valence-electron chi connectivity index (χ4n) is 1.83. The molecule has 2 aromatic rings. The van der Waals surface area contributed by atoms with E-state index < -0.39 is 0 Å². The van der Waals surface area contributed by atoms with E-state index in [0.29, 0.717) is 17.5 Å². The lowest BCUT2D eigenvalue weighted by Crippen LogP contribution is -2.20. The summed E-state index contributed by atoms with van der Waals surface area (Å²) >= 11 is 9.47. The van der Waals surface area contributed by atoms with Crippen LogP contribution in [0, 0.1) is 13.8 Å². The van der Waals surface area contributed by atoms with Crippen LogP contribution in [0.2, 0.25) is 5.15 Å². The van der Waals surface area contributed by atoms with Crippen LogP contribution < -0.4 is 10.6 Å². The van der Waals surface area contributed by atoms with Gasteiger partial charge in [-0.15, -0.1) is 0 Å². The molecule has 2 aromatic heterocycles. The first kappa shape index (κ1) is 15.0. The van der Waals surface area contributed by atoms with Crippen LogP contribution in [0.4, 0.5) is 11.8 Å². The third-order valence-corrected chi connectivity index (χ3v) is 4.41. The highest BCUT2D eigenvalue weighted by Crippen LogP contribution is 2.24. The molecule has 0 aliphatic rings. The van der Waals surface area contributed by atoms with Crippen molar-refractivity contribution in [1.29, 1.82) is 0 Å². The Morgan fingerprint density at radius 3 is 2.70 bits per heavy atom. The Morgan fingerprint density at radius 2 is 2.05 bits per heavy atom. The van der Waals surface area contributed by atoms with Crippen LogP contribution in [0.25, 0.3) is 0 Å². The van der Waals surface area contributed by atoms with Crippen molar-refractivity contribution in [2.45, 2.75) is 20.4 Å². The summed E-state index contributed by atoms with van der Waals surface area (Å²) in [5, 5.41) is 0.328. The fraction of sp³-hybridized carbons (Fsp3) is 0.308. The zero-order chi connectivity index (χ0) is 14.9. The van der Waals surface area contributed by atoms with Crippen LogP contribution in [-0.4, -0.2) is 22.0 Å². The predicted molar refractivity (Wildman–Crippen MR) is 85.0 cm³/mol. The summed E-state index contributed by atoms with van der Waals surface area (Å²) < 4.78 is 1.08. The largest absolute Gasteiger partial charge is 0.368 e. The summed E-state index contributed by atoms with van der Waals surface area (Å²) in [6.07, 6.45) is 1.85. The van der Waals surface area contributed by atoms with E-state index in [1.54, 1.807) is 6.07 Å². The predicted octanol–water partition coefficient (Wildman–Crippen LogP) is 3.12. The Bertz CT molecular complexity index is 627. The van der Waals surface area contributed by atoms with E-state index in [4.69, 9.17) is 17.3 Å². The Hall–Kier alpha value is -1.40. The van der Waals surface area contributed by atoms with Crippen molar-refractivity contribution in [2.75, 3.05) is 17.7 Å². The number of anilines is 2. The molecule has 0 aliphatic heterocycles. The maximum absolute atomic E-state index is 5.89. The minimum absolute atomic E-state index is 0.161. The highest BCUT2D eigenvalue weighted by molar-refractivity contribution is 9.10. The summed E-state index contributed by atoms with van der Waals surface area (Å²) in [6.45, 7) is 4.66. The van der Waals surface area contributed by atoms with E-state index in [9.17, 15) is 0 Å². The summed E-state index contributed by atoms with van der Waals surface area (Å²) in [7, 11) is 1.91. The Labute approximate surface area is 131 Å². The number of nitrogens with zero attached hydrogens (tertiary/aromatic N) is 4. The Kier molecular flexibility index (Phi) is 4.45. The zero-order valence-electron chi connectivity index (χ0n) is 11.5. The molecule has 0 aromatic carbocycles. The van der Waals surface area contributed by atoms with Crippen LogP contribution in [0.3, 0.4) is 0 Å². The van der Waals surface area contributed by atoms with Gasteiger partial charge >= 0.3 is 0 Å². The molecule has 20 heavy (non-hydrogen) atoms. The van der Waals surface area contributed by atoms with Gasteiger partial charge in [0.15, 0.2) is 0 Å². The van der Waals surface area contributed by atoms with Crippen molar-refractivity contribution in [3.63, 3.8) is 0 Å². The van der Waals surface area contributed by atoms with Crippen LogP contribution in [-0.2, 0) is 6.54 Å². The van der Waals surface area contributed by atoms with Crippen LogP contribution in [0.15, 0.2) is 16.7 Å². The van der Waals surface area contributed by atoms with Crippen molar-refractivity contribution in [3.05, 3.63) is 38.7 Å². The van der Waals surface area contributed by atoms with E-state index in [2.05, 4.69) is 30.9 Å². The number of pyridine rings is 1. The first-order chi connectivity index (χ1) is 9.38. The van der Waals surface area contributed by atoms with Crippen molar-refractivity contribution >= 4 is 39.3 Å². The summed E-state index contributed by atoms with van der Waals surface area (Å²) in [6, 6.07) is 1.68. The minimum atomic E-state index is 0.161. The fourth-order valence-corrected chi connectivity index (χ4v) is 2.35. The highest BCUT2D eigenvalue weighted by Gasteiger charge is 2.11. The van der Waals surface area contributed by atoms with Crippen molar-refractivity contribution in [1.82, 2.24) is 15.0 Å². The average Bonchev–Trinajstić information content (AvgIpc) is 2.38. The molecule has 0 fully saturated rings. The minimum Gasteiger partial charge on any atom is -0.368 e. The van der Waals surface area contributed by atoms with Gasteiger partial charge in [-0.2, -0.15) is 4.98 Å². The molecule has 2 N–H and O–H groups in total. The van der Waals surface area contributed by atoms with E-state index in [-0.39, 0.29) is 5.95 Å². The molecule has 106 valence electrons. The molecule has 0 saturated heterocycles. The number of aromatic nitrogens is 3. The third kappa shape index (κ3) is 3.19. The van der Waals surface area contributed by atoms with Gasteiger partial charge in [0.05, 0.1) is 12.2 Å². The number of halogens is 2. The monoisotopic (exact) mass is 355 g/mol. The van der Waals surface area contributed by atoms with Gasteiger partial charge in [-0.05, 0) is 25.0 Å². The van der Waals surface area contributed by atoms with Crippen molar-refractivity contribution in [2.24, 2.45) is 0 Å². The SMILES string of the molecule is Cc1cnc(CN(C)c2cc(Cl)nc(N)n2)c(C)c1Br. The van der Waals surface area contributed by atoms with Crippen molar-refractivity contribution < 1.29 is 0 Å². The smallest absolute Gasteiger partial charge is 0.223 e. The standard InChI is InChI=1S/C13H15BrClN5/c1-7-5-17-9(8(2)12(7)14)6-20(3)11-4-10(15)18-13(16)19-11/h4-5H,6H2,1-3H3,(H2,16,18,19). The van der Waals surface area contributed by atoms with Gasteiger partial charge in [-0.3, -0.25) is 4.98 Å². The van der Waals surface area contributed by atoms with Gasteiger partial charge in [0.25, 0.3) is 0 Å². The highest BCUT2D eigenvalue weighted by atomic mass is 79.9. The molecule has 0 aliphatic carbocycles. The molecule has 2 rings (SSSR count). The molecule has 5 nitrogen and oxygen atoms in total.